The summed E-state index contributed by atoms with van der Waals surface area (Å²) in [4.78, 5) is 26.8. The smallest absolute Gasteiger partial charge is 0.257 e. The molecule has 2 fully saturated rings. The van der Waals surface area contributed by atoms with E-state index in [4.69, 9.17) is 4.74 Å². The number of rotatable bonds is 2. The largest absolute Gasteiger partial charge is 0.496 e. The van der Waals surface area contributed by atoms with E-state index in [0.717, 1.165) is 31.2 Å². The first-order chi connectivity index (χ1) is 11.1. The predicted octanol–water partition coefficient (Wildman–Crippen LogP) is 2.28. The molecule has 5 heteroatoms. The number of aryl methyl sites for hydroxylation is 1. The van der Waals surface area contributed by atoms with Gasteiger partial charge in [-0.25, -0.2) is 0 Å². The number of hydrogen-bond donors (Lipinski definition) is 1. The number of carbonyl (C=O) groups excluding carboxylic acids is 2. The van der Waals surface area contributed by atoms with Crippen molar-refractivity contribution < 1.29 is 14.3 Å². The number of ether oxygens (including phenoxy) is 1. The second kappa shape index (κ2) is 6.60. The van der Waals surface area contributed by atoms with Crippen molar-refractivity contribution in [3.8, 4) is 5.75 Å². The first-order valence-corrected chi connectivity index (χ1v) is 8.35. The van der Waals surface area contributed by atoms with Gasteiger partial charge in [0.1, 0.15) is 5.75 Å². The number of likely N-dealkylation sites (tertiary alicyclic amines) is 1. The summed E-state index contributed by atoms with van der Waals surface area (Å²) >= 11 is 0. The SMILES string of the molecule is COc1c(C)cccc1C(=O)N1CC[C@@H]2NC(=O)CCCC[C@H]21. The molecule has 23 heavy (non-hydrogen) atoms. The highest BCUT2D eigenvalue weighted by Crippen LogP contribution is 2.30. The minimum absolute atomic E-state index is 0.00729. The lowest BCUT2D eigenvalue weighted by Gasteiger charge is -2.30. The summed E-state index contributed by atoms with van der Waals surface area (Å²) in [5, 5.41) is 3.09. The zero-order chi connectivity index (χ0) is 16.4. The summed E-state index contributed by atoms with van der Waals surface area (Å²) in [6, 6.07) is 5.83. The average molecular weight is 316 g/mol. The van der Waals surface area contributed by atoms with Crippen LogP contribution in [0.3, 0.4) is 0 Å². The van der Waals surface area contributed by atoms with Crippen LogP contribution in [0.2, 0.25) is 0 Å². The fourth-order valence-electron chi connectivity index (χ4n) is 3.80. The number of amides is 2. The Hall–Kier alpha value is -2.04. The lowest BCUT2D eigenvalue weighted by Crippen LogP contribution is -2.47. The summed E-state index contributed by atoms with van der Waals surface area (Å²) in [6.07, 6.45) is 4.26. The normalized spacial score (nSPS) is 24.4. The van der Waals surface area contributed by atoms with Crippen LogP contribution in [0.1, 0.15) is 48.0 Å². The topological polar surface area (TPSA) is 58.6 Å². The van der Waals surface area contributed by atoms with E-state index in [1.54, 1.807) is 7.11 Å². The molecule has 3 rings (SSSR count). The number of benzene rings is 1. The Kier molecular flexibility index (Phi) is 4.55. The maximum Gasteiger partial charge on any atom is 0.257 e. The molecule has 2 aliphatic heterocycles. The Labute approximate surface area is 137 Å². The summed E-state index contributed by atoms with van der Waals surface area (Å²) in [7, 11) is 1.60. The zero-order valence-electron chi connectivity index (χ0n) is 13.8. The van der Waals surface area contributed by atoms with Crippen molar-refractivity contribution in [3.05, 3.63) is 29.3 Å². The summed E-state index contributed by atoms with van der Waals surface area (Å²) in [5.41, 5.74) is 1.57. The number of carbonyl (C=O) groups is 2. The highest BCUT2D eigenvalue weighted by molar-refractivity contribution is 5.98. The number of nitrogens with zero attached hydrogens (tertiary/aromatic N) is 1. The van der Waals surface area contributed by atoms with Crippen molar-refractivity contribution in [2.24, 2.45) is 0 Å². The van der Waals surface area contributed by atoms with E-state index >= 15 is 0 Å². The van der Waals surface area contributed by atoms with Crippen molar-refractivity contribution in [3.63, 3.8) is 0 Å². The molecular weight excluding hydrogens is 292 g/mol. The van der Waals surface area contributed by atoms with E-state index in [1.165, 1.54) is 0 Å². The number of nitrogens with one attached hydrogen (secondary N) is 1. The van der Waals surface area contributed by atoms with Crippen LogP contribution < -0.4 is 10.1 Å². The third-order valence-electron chi connectivity index (χ3n) is 4.95. The molecule has 2 saturated heterocycles. The van der Waals surface area contributed by atoms with Crippen LogP contribution in [0.4, 0.5) is 0 Å². The van der Waals surface area contributed by atoms with Gasteiger partial charge in [-0.05, 0) is 37.8 Å². The molecule has 0 spiro atoms. The minimum atomic E-state index is 0.00729. The van der Waals surface area contributed by atoms with E-state index < -0.39 is 0 Å². The van der Waals surface area contributed by atoms with Gasteiger partial charge >= 0.3 is 0 Å². The second-order valence-electron chi connectivity index (χ2n) is 6.43. The first-order valence-electron chi connectivity index (χ1n) is 8.35. The van der Waals surface area contributed by atoms with Crippen LogP contribution in [0, 0.1) is 6.92 Å². The average Bonchev–Trinajstić information content (AvgIpc) is 2.90. The number of para-hydroxylation sites is 1. The highest BCUT2D eigenvalue weighted by atomic mass is 16.5. The van der Waals surface area contributed by atoms with E-state index in [0.29, 0.717) is 24.3 Å². The molecule has 0 bridgehead atoms. The summed E-state index contributed by atoms with van der Waals surface area (Å²) < 4.78 is 5.44. The molecule has 2 heterocycles. The Bertz CT molecular complexity index is 614. The minimum Gasteiger partial charge on any atom is -0.496 e. The molecule has 1 aromatic carbocycles. The van der Waals surface area contributed by atoms with Gasteiger partial charge in [-0.15, -0.1) is 0 Å². The van der Waals surface area contributed by atoms with Crippen LogP contribution in [0.25, 0.3) is 0 Å². The van der Waals surface area contributed by atoms with Crippen molar-refractivity contribution in [1.82, 2.24) is 10.2 Å². The van der Waals surface area contributed by atoms with Gasteiger partial charge in [0.2, 0.25) is 5.91 Å². The Morgan fingerprint density at radius 1 is 1.30 bits per heavy atom. The number of methoxy groups -OCH3 is 1. The molecule has 2 amide bonds. The number of fused-ring (bicyclic) bond motifs is 1. The standard InChI is InChI=1S/C18H24N2O3/c1-12-6-5-7-13(17(12)23-2)18(22)20-11-10-14-15(20)8-3-4-9-16(21)19-14/h5-7,14-15H,3-4,8-11H2,1-2H3,(H,19,21)/t14-,15+/m0/s1. The quantitative estimate of drug-likeness (QED) is 0.910. The van der Waals surface area contributed by atoms with Gasteiger partial charge < -0.3 is 15.0 Å². The monoisotopic (exact) mass is 316 g/mol. The van der Waals surface area contributed by atoms with Crippen LogP contribution >= 0.6 is 0 Å². The molecule has 0 radical (unpaired) electrons. The second-order valence-corrected chi connectivity index (χ2v) is 6.43. The van der Waals surface area contributed by atoms with Crippen molar-refractivity contribution in [2.75, 3.05) is 13.7 Å². The van der Waals surface area contributed by atoms with Gasteiger partial charge in [0.05, 0.1) is 24.8 Å². The Morgan fingerprint density at radius 2 is 2.13 bits per heavy atom. The molecule has 0 unspecified atom stereocenters. The van der Waals surface area contributed by atoms with Gasteiger partial charge in [0, 0.05) is 13.0 Å². The molecule has 1 aromatic rings. The number of hydrogen-bond acceptors (Lipinski definition) is 3. The molecule has 1 N–H and O–H groups in total. The van der Waals surface area contributed by atoms with Crippen LogP contribution in [-0.2, 0) is 4.79 Å². The van der Waals surface area contributed by atoms with E-state index in [1.807, 2.05) is 30.0 Å². The first kappa shape index (κ1) is 15.8. The lowest BCUT2D eigenvalue weighted by atomic mass is 9.98. The van der Waals surface area contributed by atoms with Crippen molar-refractivity contribution in [1.29, 1.82) is 0 Å². The van der Waals surface area contributed by atoms with E-state index in [2.05, 4.69) is 5.32 Å². The third-order valence-corrected chi connectivity index (χ3v) is 4.95. The molecule has 2 atom stereocenters. The van der Waals surface area contributed by atoms with E-state index in [9.17, 15) is 9.59 Å². The third kappa shape index (κ3) is 3.05. The molecule has 124 valence electrons. The van der Waals surface area contributed by atoms with Crippen LogP contribution in [-0.4, -0.2) is 42.5 Å². The van der Waals surface area contributed by atoms with Gasteiger partial charge in [-0.1, -0.05) is 18.6 Å². The van der Waals surface area contributed by atoms with Gasteiger partial charge in [-0.2, -0.15) is 0 Å². The fourth-order valence-corrected chi connectivity index (χ4v) is 3.80. The van der Waals surface area contributed by atoms with Crippen molar-refractivity contribution >= 4 is 11.8 Å². The molecule has 5 nitrogen and oxygen atoms in total. The zero-order valence-corrected chi connectivity index (χ0v) is 13.8. The molecular formula is C18H24N2O3. The summed E-state index contributed by atoms with van der Waals surface area (Å²) in [6.45, 7) is 2.63. The molecule has 0 aliphatic carbocycles. The van der Waals surface area contributed by atoms with Gasteiger partial charge in [0.15, 0.2) is 0 Å². The van der Waals surface area contributed by atoms with Crippen LogP contribution in [0.5, 0.6) is 5.75 Å². The predicted molar refractivity (Wildman–Crippen MR) is 87.6 cm³/mol. The van der Waals surface area contributed by atoms with Gasteiger partial charge in [-0.3, -0.25) is 9.59 Å². The van der Waals surface area contributed by atoms with Crippen molar-refractivity contribution in [2.45, 2.75) is 51.1 Å². The Morgan fingerprint density at radius 3 is 2.91 bits per heavy atom. The molecule has 0 saturated carbocycles. The Balaban J connectivity index is 1.85. The lowest BCUT2D eigenvalue weighted by molar-refractivity contribution is -0.122. The molecule has 2 aliphatic rings. The van der Waals surface area contributed by atoms with Gasteiger partial charge in [0.25, 0.3) is 5.91 Å². The molecule has 0 aromatic heterocycles. The highest BCUT2D eigenvalue weighted by Gasteiger charge is 2.39. The van der Waals surface area contributed by atoms with E-state index in [-0.39, 0.29) is 23.9 Å². The fraction of sp³-hybridized carbons (Fsp3) is 0.556. The maximum atomic E-state index is 13.0. The van der Waals surface area contributed by atoms with Crippen LogP contribution in [0.15, 0.2) is 18.2 Å². The maximum absolute atomic E-state index is 13.0. The summed E-state index contributed by atoms with van der Waals surface area (Å²) in [5.74, 6) is 0.769.